The largest absolute Gasteiger partial charge is 0.468 e. The molecule has 0 saturated heterocycles. The third-order valence-corrected chi connectivity index (χ3v) is 2.72. The highest BCUT2D eigenvalue weighted by molar-refractivity contribution is 5.92. The number of furan rings is 1. The van der Waals surface area contributed by atoms with Crippen molar-refractivity contribution in [3.63, 3.8) is 0 Å². The van der Waals surface area contributed by atoms with E-state index in [0.29, 0.717) is 17.8 Å². The fourth-order valence-corrected chi connectivity index (χ4v) is 1.80. The van der Waals surface area contributed by atoms with Crippen LogP contribution in [-0.4, -0.2) is 24.4 Å². The van der Waals surface area contributed by atoms with Crippen LogP contribution < -0.4 is 5.32 Å². The average molecular weight is 269 g/mol. The van der Waals surface area contributed by atoms with Crippen molar-refractivity contribution < 1.29 is 9.21 Å². The molecule has 1 aromatic carbocycles. The Balaban J connectivity index is 1.83. The highest BCUT2D eigenvalue weighted by Crippen LogP contribution is 2.09. The minimum atomic E-state index is -0.108. The van der Waals surface area contributed by atoms with Crippen LogP contribution in [0.1, 0.15) is 11.3 Å². The standard InChI is InChI=1S/C15H15N3O2/c1-18(10-14-3-2-8-20-14)11-15(19)17-13-6-4-12(9-16)5-7-13/h2-8H,10-11H2,1H3,(H,17,19). The lowest BCUT2D eigenvalue weighted by Crippen LogP contribution is -2.29. The predicted molar refractivity (Wildman–Crippen MR) is 74.8 cm³/mol. The van der Waals surface area contributed by atoms with Gasteiger partial charge in [-0.1, -0.05) is 0 Å². The number of benzene rings is 1. The summed E-state index contributed by atoms with van der Waals surface area (Å²) in [6, 6.07) is 12.5. The number of amides is 1. The Bertz CT molecular complexity index is 597. The van der Waals surface area contributed by atoms with E-state index in [1.807, 2.05) is 30.1 Å². The van der Waals surface area contributed by atoms with Crippen molar-refractivity contribution in [2.75, 3.05) is 18.9 Å². The zero-order chi connectivity index (χ0) is 14.4. The molecule has 5 nitrogen and oxygen atoms in total. The lowest BCUT2D eigenvalue weighted by molar-refractivity contribution is -0.117. The molecule has 0 fully saturated rings. The topological polar surface area (TPSA) is 69.3 Å². The number of nitrogens with zero attached hydrogens (tertiary/aromatic N) is 2. The van der Waals surface area contributed by atoms with Gasteiger partial charge in [0.25, 0.3) is 0 Å². The van der Waals surface area contributed by atoms with Crippen LogP contribution in [-0.2, 0) is 11.3 Å². The van der Waals surface area contributed by atoms with Crippen LogP contribution >= 0.6 is 0 Å². The lowest BCUT2D eigenvalue weighted by atomic mass is 10.2. The van der Waals surface area contributed by atoms with E-state index >= 15 is 0 Å². The summed E-state index contributed by atoms with van der Waals surface area (Å²) in [5, 5.41) is 11.5. The number of nitrogens with one attached hydrogen (secondary N) is 1. The number of rotatable bonds is 5. The average Bonchev–Trinajstić information content (AvgIpc) is 2.92. The van der Waals surface area contributed by atoms with Crippen molar-refractivity contribution in [2.45, 2.75) is 6.54 Å². The molecular formula is C15H15N3O2. The molecule has 1 heterocycles. The fraction of sp³-hybridized carbons (Fsp3) is 0.200. The van der Waals surface area contributed by atoms with E-state index < -0.39 is 0 Å². The molecule has 0 aliphatic rings. The van der Waals surface area contributed by atoms with Crippen LogP contribution in [0.25, 0.3) is 0 Å². The second-order valence-electron chi connectivity index (χ2n) is 4.49. The highest BCUT2D eigenvalue weighted by Gasteiger charge is 2.08. The van der Waals surface area contributed by atoms with Gasteiger partial charge in [0.15, 0.2) is 0 Å². The number of anilines is 1. The van der Waals surface area contributed by atoms with Gasteiger partial charge in [0, 0.05) is 5.69 Å². The van der Waals surface area contributed by atoms with Crippen LogP contribution in [0, 0.1) is 11.3 Å². The Hall–Kier alpha value is -2.58. The number of carbonyl (C=O) groups excluding carboxylic acids is 1. The minimum Gasteiger partial charge on any atom is -0.468 e. The number of carbonyl (C=O) groups is 1. The molecule has 1 aromatic heterocycles. The molecule has 0 bridgehead atoms. The number of nitriles is 1. The van der Waals surface area contributed by atoms with E-state index in [1.54, 1.807) is 30.5 Å². The number of hydrogen-bond acceptors (Lipinski definition) is 4. The quantitative estimate of drug-likeness (QED) is 0.903. The van der Waals surface area contributed by atoms with E-state index in [2.05, 4.69) is 5.32 Å². The normalized spacial score (nSPS) is 10.2. The van der Waals surface area contributed by atoms with Crippen molar-refractivity contribution in [2.24, 2.45) is 0 Å². The molecule has 0 aliphatic heterocycles. The molecule has 1 N–H and O–H groups in total. The molecule has 0 atom stereocenters. The third kappa shape index (κ3) is 3.97. The Morgan fingerprint density at radius 3 is 2.70 bits per heavy atom. The minimum absolute atomic E-state index is 0.108. The summed E-state index contributed by atoms with van der Waals surface area (Å²) in [5.41, 5.74) is 1.25. The molecule has 0 spiro atoms. The smallest absolute Gasteiger partial charge is 0.238 e. The molecule has 1 amide bonds. The molecule has 102 valence electrons. The van der Waals surface area contributed by atoms with Crippen molar-refractivity contribution in [1.29, 1.82) is 5.26 Å². The van der Waals surface area contributed by atoms with E-state index in [0.717, 1.165) is 5.76 Å². The zero-order valence-corrected chi connectivity index (χ0v) is 11.2. The van der Waals surface area contributed by atoms with E-state index in [4.69, 9.17) is 9.68 Å². The summed E-state index contributed by atoms with van der Waals surface area (Å²) >= 11 is 0. The Morgan fingerprint density at radius 2 is 2.10 bits per heavy atom. The van der Waals surface area contributed by atoms with Gasteiger partial charge in [-0.3, -0.25) is 9.69 Å². The first-order chi connectivity index (χ1) is 9.67. The highest BCUT2D eigenvalue weighted by atomic mass is 16.3. The molecule has 20 heavy (non-hydrogen) atoms. The second kappa shape index (κ2) is 6.55. The van der Waals surface area contributed by atoms with Crippen LogP contribution in [0.4, 0.5) is 5.69 Å². The van der Waals surface area contributed by atoms with Crippen LogP contribution in [0.5, 0.6) is 0 Å². The SMILES string of the molecule is CN(CC(=O)Nc1ccc(C#N)cc1)Cc1ccco1. The zero-order valence-electron chi connectivity index (χ0n) is 11.2. The molecule has 0 unspecified atom stereocenters. The summed E-state index contributed by atoms with van der Waals surface area (Å²) < 4.78 is 5.23. The van der Waals surface area contributed by atoms with Crippen molar-refractivity contribution in [1.82, 2.24) is 4.90 Å². The summed E-state index contributed by atoms with van der Waals surface area (Å²) in [7, 11) is 1.85. The summed E-state index contributed by atoms with van der Waals surface area (Å²) in [5.74, 6) is 0.711. The lowest BCUT2D eigenvalue weighted by Gasteiger charge is -2.14. The first kappa shape index (κ1) is 13.8. The summed E-state index contributed by atoms with van der Waals surface area (Å²) in [6.45, 7) is 0.842. The van der Waals surface area contributed by atoms with Gasteiger partial charge in [-0.05, 0) is 43.4 Å². The monoisotopic (exact) mass is 269 g/mol. The molecule has 0 saturated carbocycles. The molecule has 0 radical (unpaired) electrons. The maximum Gasteiger partial charge on any atom is 0.238 e. The van der Waals surface area contributed by atoms with E-state index in [9.17, 15) is 4.79 Å². The van der Waals surface area contributed by atoms with Crippen LogP contribution in [0.2, 0.25) is 0 Å². The Kier molecular flexibility index (Phi) is 4.53. The van der Waals surface area contributed by atoms with Gasteiger partial charge < -0.3 is 9.73 Å². The second-order valence-corrected chi connectivity index (χ2v) is 4.49. The van der Waals surface area contributed by atoms with Gasteiger partial charge in [-0.25, -0.2) is 0 Å². The van der Waals surface area contributed by atoms with Gasteiger partial charge in [0.05, 0.1) is 31.0 Å². The van der Waals surface area contributed by atoms with Gasteiger partial charge in [-0.2, -0.15) is 5.26 Å². The van der Waals surface area contributed by atoms with E-state index in [1.165, 1.54) is 0 Å². The van der Waals surface area contributed by atoms with Crippen molar-refractivity contribution in [3.05, 3.63) is 54.0 Å². The van der Waals surface area contributed by atoms with Gasteiger partial charge in [-0.15, -0.1) is 0 Å². The maximum absolute atomic E-state index is 11.9. The van der Waals surface area contributed by atoms with Gasteiger partial charge in [0.2, 0.25) is 5.91 Å². The predicted octanol–water partition coefficient (Wildman–Crippen LogP) is 2.22. The Morgan fingerprint density at radius 1 is 1.35 bits per heavy atom. The maximum atomic E-state index is 11.9. The molecule has 2 rings (SSSR count). The van der Waals surface area contributed by atoms with Gasteiger partial charge in [0.1, 0.15) is 5.76 Å². The molecule has 5 heteroatoms. The van der Waals surface area contributed by atoms with Gasteiger partial charge >= 0.3 is 0 Å². The first-order valence-corrected chi connectivity index (χ1v) is 6.18. The summed E-state index contributed by atoms with van der Waals surface area (Å²) in [4.78, 5) is 13.7. The Labute approximate surface area is 117 Å². The summed E-state index contributed by atoms with van der Waals surface area (Å²) in [6.07, 6.45) is 1.61. The number of likely N-dealkylation sites (N-methyl/N-ethyl adjacent to an activating group) is 1. The fourth-order valence-electron chi connectivity index (χ4n) is 1.80. The molecular weight excluding hydrogens is 254 g/mol. The first-order valence-electron chi connectivity index (χ1n) is 6.18. The molecule has 2 aromatic rings. The van der Waals surface area contributed by atoms with Crippen LogP contribution in [0.3, 0.4) is 0 Å². The van der Waals surface area contributed by atoms with E-state index in [-0.39, 0.29) is 12.5 Å². The third-order valence-electron chi connectivity index (χ3n) is 2.72. The van der Waals surface area contributed by atoms with Crippen LogP contribution in [0.15, 0.2) is 47.1 Å². The van der Waals surface area contributed by atoms with Crippen molar-refractivity contribution >= 4 is 11.6 Å². The van der Waals surface area contributed by atoms with Crippen molar-refractivity contribution in [3.8, 4) is 6.07 Å². The molecule has 0 aliphatic carbocycles. The number of hydrogen-bond donors (Lipinski definition) is 1.